The maximum absolute atomic E-state index is 12.8. The molecule has 1 atom stereocenters. The fraction of sp³-hybridized carbons (Fsp3) is 0.755. The van der Waals surface area contributed by atoms with Crippen molar-refractivity contribution < 1.29 is 28.6 Å². The van der Waals surface area contributed by atoms with E-state index in [0.717, 1.165) is 96.3 Å². The van der Waals surface area contributed by atoms with Crippen LogP contribution in [0.3, 0.4) is 0 Å². The zero-order chi connectivity index (χ0) is 43.0. The molecule has 0 aromatic carbocycles. The molecule has 0 unspecified atom stereocenters. The molecule has 0 rings (SSSR count). The van der Waals surface area contributed by atoms with E-state index in [0.29, 0.717) is 19.3 Å². The highest BCUT2D eigenvalue weighted by atomic mass is 16.6. The van der Waals surface area contributed by atoms with Gasteiger partial charge in [-0.3, -0.25) is 14.4 Å². The van der Waals surface area contributed by atoms with E-state index in [2.05, 4.69) is 81.5 Å². The summed E-state index contributed by atoms with van der Waals surface area (Å²) < 4.78 is 16.7. The molecule has 0 fully saturated rings. The predicted molar refractivity (Wildman–Crippen MR) is 251 cm³/mol. The fourth-order valence-corrected chi connectivity index (χ4v) is 6.78. The third kappa shape index (κ3) is 46.0. The lowest BCUT2D eigenvalue weighted by molar-refractivity contribution is -0.167. The normalized spacial score (nSPS) is 12.5. The first-order chi connectivity index (χ1) is 29.0. The summed E-state index contributed by atoms with van der Waals surface area (Å²) in [5, 5.41) is 0. The van der Waals surface area contributed by atoms with Crippen molar-refractivity contribution in [2.24, 2.45) is 0 Å². The Kier molecular flexibility index (Phi) is 45.4. The quantitative estimate of drug-likeness (QED) is 0.0263. The van der Waals surface area contributed by atoms with Crippen molar-refractivity contribution in [2.75, 3.05) is 13.2 Å². The van der Waals surface area contributed by atoms with Crippen LogP contribution in [0, 0.1) is 0 Å². The Hall–Kier alpha value is -2.89. The Balaban J connectivity index is 4.45. The molecule has 0 spiro atoms. The van der Waals surface area contributed by atoms with E-state index in [1.165, 1.54) is 103 Å². The first-order valence-electron chi connectivity index (χ1n) is 24.8. The van der Waals surface area contributed by atoms with E-state index < -0.39 is 6.10 Å². The summed E-state index contributed by atoms with van der Waals surface area (Å²) >= 11 is 0. The van der Waals surface area contributed by atoms with Crippen molar-refractivity contribution in [2.45, 2.75) is 245 Å². The first-order valence-corrected chi connectivity index (χ1v) is 24.8. The van der Waals surface area contributed by atoms with Crippen LogP contribution in [0.1, 0.15) is 239 Å². The molecule has 0 radical (unpaired) electrons. The summed E-state index contributed by atoms with van der Waals surface area (Å²) in [6.07, 6.45) is 57.7. The number of ether oxygens (including phenoxy) is 3. The number of esters is 3. The van der Waals surface area contributed by atoms with Crippen LogP contribution >= 0.6 is 0 Å². The highest BCUT2D eigenvalue weighted by molar-refractivity contribution is 5.71. The lowest BCUT2D eigenvalue weighted by Gasteiger charge is -2.18. The second kappa shape index (κ2) is 47.8. The van der Waals surface area contributed by atoms with E-state index in [4.69, 9.17) is 14.2 Å². The second-order valence-electron chi connectivity index (χ2n) is 16.3. The van der Waals surface area contributed by atoms with Crippen molar-refractivity contribution in [1.82, 2.24) is 0 Å². The maximum Gasteiger partial charge on any atom is 0.306 e. The largest absolute Gasteiger partial charge is 0.462 e. The van der Waals surface area contributed by atoms with Crippen LogP contribution in [0.4, 0.5) is 0 Å². The van der Waals surface area contributed by atoms with Crippen molar-refractivity contribution in [3.05, 3.63) is 60.8 Å². The summed E-state index contributed by atoms with van der Waals surface area (Å²) in [7, 11) is 0. The molecule has 0 N–H and O–H groups in total. The molecule has 0 aromatic rings. The molecule has 0 aromatic heterocycles. The molecule has 0 aliphatic carbocycles. The van der Waals surface area contributed by atoms with Crippen LogP contribution in [0.5, 0.6) is 0 Å². The molecular weight excluding hydrogens is 733 g/mol. The van der Waals surface area contributed by atoms with Gasteiger partial charge in [0.15, 0.2) is 6.10 Å². The van der Waals surface area contributed by atoms with Gasteiger partial charge in [0, 0.05) is 19.3 Å². The average molecular weight is 825 g/mol. The summed E-state index contributed by atoms with van der Waals surface area (Å²) in [5.74, 6) is -0.939. The van der Waals surface area contributed by atoms with E-state index in [-0.39, 0.29) is 31.1 Å². The average Bonchev–Trinajstić information content (AvgIpc) is 3.23. The molecule has 59 heavy (non-hydrogen) atoms. The highest BCUT2D eigenvalue weighted by Gasteiger charge is 2.19. The molecule has 0 amide bonds. The van der Waals surface area contributed by atoms with Crippen LogP contribution in [-0.4, -0.2) is 37.2 Å². The van der Waals surface area contributed by atoms with Crippen LogP contribution in [-0.2, 0) is 28.6 Å². The summed E-state index contributed by atoms with van der Waals surface area (Å²) in [4.78, 5) is 37.9. The van der Waals surface area contributed by atoms with Gasteiger partial charge in [0.1, 0.15) is 13.2 Å². The van der Waals surface area contributed by atoms with Crippen molar-refractivity contribution >= 4 is 17.9 Å². The predicted octanol–water partition coefficient (Wildman–Crippen LogP) is 16.1. The first kappa shape index (κ1) is 56.1. The summed E-state index contributed by atoms with van der Waals surface area (Å²) in [5.41, 5.74) is 0. The monoisotopic (exact) mass is 825 g/mol. The van der Waals surface area contributed by atoms with Crippen molar-refractivity contribution in [3.63, 3.8) is 0 Å². The van der Waals surface area contributed by atoms with E-state index in [1.54, 1.807) is 0 Å². The summed E-state index contributed by atoms with van der Waals surface area (Å²) in [6.45, 7) is 6.46. The third-order valence-corrected chi connectivity index (χ3v) is 10.5. The zero-order valence-corrected chi connectivity index (χ0v) is 38.8. The molecule has 0 aliphatic heterocycles. The number of allylic oxidation sites excluding steroid dienone is 10. The molecule has 0 saturated heterocycles. The number of hydrogen-bond donors (Lipinski definition) is 0. The van der Waals surface area contributed by atoms with Crippen molar-refractivity contribution in [3.8, 4) is 0 Å². The Labute approximate surface area is 364 Å². The van der Waals surface area contributed by atoms with E-state index in [1.807, 2.05) is 0 Å². The molecule has 6 heteroatoms. The minimum atomic E-state index is -0.792. The molecule has 6 nitrogen and oxygen atoms in total. The Morgan fingerprint density at radius 2 is 0.661 bits per heavy atom. The lowest BCUT2D eigenvalue weighted by atomic mass is 10.0. The van der Waals surface area contributed by atoms with E-state index >= 15 is 0 Å². The van der Waals surface area contributed by atoms with Crippen LogP contribution in [0.15, 0.2) is 60.8 Å². The standard InChI is InChI=1S/C53H92O6/c1-4-7-10-13-16-19-22-25-26-29-31-34-37-40-43-46-52(55)58-49-50(59-53(56)47-44-41-38-35-32-28-24-21-18-15-12-9-6-3)48-57-51(54)45-42-39-36-33-30-27-23-20-17-14-11-8-5-2/h7,10,16,19,21,24-26,31,34,50H,4-6,8-9,11-15,17-18,20,22-23,27-30,32-33,35-49H2,1-3H3/b10-7-,19-16-,24-21-,26-25-,34-31-/t50-/m0/s1. The Bertz CT molecular complexity index is 1090. The van der Waals surface area contributed by atoms with Gasteiger partial charge in [-0.05, 0) is 83.5 Å². The molecule has 340 valence electrons. The SMILES string of the molecule is CC/C=C\C/C=C\C/C=C\C/C=C\CCCCC(=O)OC[C@H](COC(=O)CCCCCCCCCCCCCCC)OC(=O)CCCCCCC/C=C\CCCCCC. The van der Waals surface area contributed by atoms with Crippen molar-refractivity contribution in [1.29, 1.82) is 0 Å². The Morgan fingerprint density at radius 3 is 1.10 bits per heavy atom. The Morgan fingerprint density at radius 1 is 0.356 bits per heavy atom. The molecular formula is C53H92O6. The molecule has 0 bridgehead atoms. The number of unbranched alkanes of at least 4 members (excludes halogenated alkanes) is 23. The van der Waals surface area contributed by atoms with Gasteiger partial charge < -0.3 is 14.2 Å². The van der Waals surface area contributed by atoms with Crippen LogP contribution < -0.4 is 0 Å². The minimum Gasteiger partial charge on any atom is -0.462 e. The number of hydrogen-bond acceptors (Lipinski definition) is 6. The minimum absolute atomic E-state index is 0.0890. The highest BCUT2D eigenvalue weighted by Crippen LogP contribution is 2.14. The van der Waals surface area contributed by atoms with Gasteiger partial charge in [0.05, 0.1) is 0 Å². The van der Waals surface area contributed by atoms with Gasteiger partial charge in [-0.2, -0.15) is 0 Å². The number of carbonyl (C=O) groups excluding carboxylic acids is 3. The summed E-state index contributed by atoms with van der Waals surface area (Å²) in [6, 6.07) is 0. The fourth-order valence-electron chi connectivity index (χ4n) is 6.78. The van der Waals surface area contributed by atoms with Gasteiger partial charge in [-0.1, -0.05) is 197 Å². The van der Waals surface area contributed by atoms with E-state index in [9.17, 15) is 14.4 Å². The smallest absolute Gasteiger partial charge is 0.306 e. The topological polar surface area (TPSA) is 78.9 Å². The maximum atomic E-state index is 12.8. The lowest BCUT2D eigenvalue weighted by Crippen LogP contribution is -2.30. The van der Waals surface area contributed by atoms with Gasteiger partial charge in [0.2, 0.25) is 0 Å². The molecule has 0 saturated carbocycles. The third-order valence-electron chi connectivity index (χ3n) is 10.5. The number of carbonyl (C=O) groups is 3. The zero-order valence-electron chi connectivity index (χ0n) is 38.8. The van der Waals surface area contributed by atoms with Gasteiger partial charge in [-0.25, -0.2) is 0 Å². The second-order valence-corrected chi connectivity index (χ2v) is 16.3. The van der Waals surface area contributed by atoms with Crippen LogP contribution in [0.2, 0.25) is 0 Å². The van der Waals surface area contributed by atoms with Gasteiger partial charge in [0.25, 0.3) is 0 Å². The van der Waals surface area contributed by atoms with Gasteiger partial charge in [-0.15, -0.1) is 0 Å². The van der Waals surface area contributed by atoms with Gasteiger partial charge >= 0.3 is 17.9 Å². The molecule has 0 heterocycles. The molecule has 0 aliphatic rings. The number of rotatable bonds is 44. The van der Waals surface area contributed by atoms with Crippen LogP contribution in [0.25, 0.3) is 0 Å².